The Morgan fingerprint density at radius 3 is 2.70 bits per heavy atom. The van der Waals surface area contributed by atoms with Crippen molar-refractivity contribution in [3.8, 4) is 0 Å². The van der Waals surface area contributed by atoms with Crippen molar-refractivity contribution in [3.63, 3.8) is 0 Å². The maximum Gasteiger partial charge on any atom is 0.416 e. The minimum absolute atomic E-state index is 0.0859. The highest BCUT2D eigenvalue weighted by atomic mass is 32.1. The van der Waals surface area contributed by atoms with Crippen molar-refractivity contribution in [3.05, 3.63) is 71.1 Å². The van der Waals surface area contributed by atoms with Gasteiger partial charge in [0.25, 0.3) is 5.91 Å². The topological polar surface area (TPSA) is 70.4 Å². The van der Waals surface area contributed by atoms with Crippen LogP contribution in [0.1, 0.15) is 29.9 Å². The molecule has 6 nitrogen and oxygen atoms in total. The number of nitrogens with zero attached hydrogens (tertiary/aromatic N) is 2. The third-order valence-corrected chi connectivity index (χ3v) is 4.94. The number of allylic oxidation sites excluding steroid dienone is 1. The molecule has 1 amide bonds. The lowest BCUT2D eigenvalue weighted by Gasteiger charge is -2.38. The second kappa shape index (κ2) is 8.31. The molecule has 10 heteroatoms. The van der Waals surface area contributed by atoms with E-state index < -0.39 is 23.7 Å². The zero-order valence-corrected chi connectivity index (χ0v) is 17.0. The van der Waals surface area contributed by atoms with Gasteiger partial charge in [0.15, 0.2) is 10.9 Å². The van der Waals surface area contributed by atoms with E-state index in [0.717, 1.165) is 6.07 Å². The van der Waals surface area contributed by atoms with Crippen molar-refractivity contribution in [1.82, 2.24) is 15.4 Å². The van der Waals surface area contributed by atoms with Gasteiger partial charge in [-0.25, -0.2) is 0 Å². The van der Waals surface area contributed by atoms with Crippen LogP contribution in [0.4, 0.5) is 19.0 Å². The van der Waals surface area contributed by atoms with Gasteiger partial charge in [0, 0.05) is 18.3 Å². The molecule has 0 bridgehead atoms. The van der Waals surface area contributed by atoms with Crippen LogP contribution in [0.2, 0.25) is 0 Å². The van der Waals surface area contributed by atoms with E-state index in [-0.39, 0.29) is 28.6 Å². The number of anilines is 1. The van der Waals surface area contributed by atoms with E-state index in [4.69, 9.17) is 16.7 Å². The Balaban J connectivity index is 2.12. The molecule has 1 aromatic heterocycles. The van der Waals surface area contributed by atoms with Gasteiger partial charge in [0.05, 0.1) is 17.2 Å². The van der Waals surface area contributed by atoms with E-state index in [1.54, 1.807) is 24.8 Å². The molecule has 0 spiro atoms. The second-order valence-corrected chi connectivity index (χ2v) is 7.03. The van der Waals surface area contributed by atoms with E-state index in [1.165, 1.54) is 24.3 Å². The molecular weight excluding hydrogens is 417 g/mol. The maximum absolute atomic E-state index is 13.6. The summed E-state index contributed by atoms with van der Waals surface area (Å²) in [4.78, 5) is 14.7. The second-order valence-electron chi connectivity index (χ2n) is 6.64. The summed E-state index contributed by atoms with van der Waals surface area (Å²) in [5, 5.41) is 9.37. The minimum atomic E-state index is -4.60. The zero-order valence-electron chi connectivity index (χ0n) is 16.2. The summed E-state index contributed by atoms with van der Waals surface area (Å²) >= 11 is 5.35. The van der Waals surface area contributed by atoms with Gasteiger partial charge in [-0.05, 0) is 37.7 Å². The number of alkyl halides is 3. The Labute approximate surface area is 176 Å². The molecule has 1 aliphatic heterocycles. The number of thiocarbonyl (C=S) groups is 1. The Bertz CT molecular complexity index is 1030. The largest absolute Gasteiger partial charge is 0.416 e. The lowest BCUT2D eigenvalue weighted by Crippen LogP contribution is -2.48. The Morgan fingerprint density at radius 2 is 2.10 bits per heavy atom. The number of benzene rings is 1. The highest BCUT2D eigenvalue weighted by Crippen LogP contribution is 2.39. The van der Waals surface area contributed by atoms with Gasteiger partial charge >= 0.3 is 6.18 Å². The van der Waals surface area contributed by atoms with Crippen LogP contribution in [0, 0.1) is 6.92 Å². The van der Waals surface area contributed by atoms with E-state index in [0.29, 0.717) is 11.5 Å². The average Bonchev–Trinajstić information content (AvgIpc) is 3.08. The first-order chi connectivity index (χ1) is 14.1. The fourth-order valence-electron chi connectivity index (χ4n) is 3.27. The van der Waals surface area contributed by atoms with Gasteiger partial charge in [0.2, 0.25) is 0 Å². The van der Waals surface area contributed by atoms with Crippen molar-refractivity contribution in [2.45, 2.75) is 26.1 Å². The summed E-state index contributed by atoms with van der Waals surface area (Å²) in [5.41, 5.74) is -0.453. The van der Waals surface area contributed by atoms with Crippen LogP contribution in [0.15, 0.2) is 58.8 Å². The van der Waals surface area contributed by atoms with Crippen LogP contribution >= 0.6 is 12.2 Å². The molecule has 1 aliphatic rings. The minimum Gasteiger partial charge on any atom is -0.360 e. The number of carbonyl (C=O) groups is 1. The molecule has 2 N–H and O–H groups in total. The molecule has 30 heavy (non-hydrogen) atoms. The van der Waals surface area contributed by atoms with Gasteiger partial charge in [-0.3, -0.25) is 4.79 Å². The molecule has 2 aromatic rings. The van der Waals surface area contributed by atoms with Gasteiger partial charge in [-0.15, -0.1) is 6.58 Å². The van der Waals surface area contributed by atoms with Crippen LogP contribution in [0.3, 0.4) is 0 Å². The highest BCUT2D eigenvalue weighted by Gasteiger charge is 2.40. The predicted molar refractivity (Wildman–Crippen MR) is 109 cm³/mol. The number of aryl methyl sites for hydroxylation is 1. The Morgan fingerprint density at radius 1 is 1.40 bits per heavy atom. The number of carbonyl (C=O) groups excluding carboxylic acids is 1. The number of amides is 1. The molecule has 0 saturated heterocycles. The summed E-state index contributed by atoms with van der Waals surface area (Å²) in [6.07, 6.45) is -3.02. The smallest absolute Gasteiger partial charge is 0.360 e. The van der Waals surface area contributed by atoms with Crippen LogP contribution in [-0.2, 0) is 11.0 Å². The van der Waals surface area contributed by atoms with Crippen molar-refractivity contribution >= 4 is 29.1 Å². The molecular formula is C20H19F3N4O2S. The third-order valence-electron chi connectivity index (χ3n) is 4.60. The van der Waals surface area contributed by atoms with Crippen molar-refractivity contribution < 1.29 is 22.5 Å². The molecule has 1 aromatic carbocycles. The molecule has 0 fully saturated rings. The summed E-state index contributed by atoms with van der Waals surface area (Å²) in [5.74, 6) is 0.0158. The first-order valence-electron chi connectivity index (χ1n) is 8.94. The van der Waals surface area contributed by atoms with Gasteiger partial charge in [-0.2, -0.15) is 13.2 Å². The van der Waals surface area contributed by atoms with Gasteiger partial charge in [0.1, 0.15) is 5.76 Å². The fraction of sp³-hybridized carbons (Fsp3) is 0.250. The fourth-order valence-corrected chi connectivity index (χ4v) is 3.60. The SMILES string of the molecule is C=CCN1C(=S)N[C@H](c2ccccc2C(F)(F)F)C(C(=O)Nc2cc(C)on2)=C1C. The van der Waals surface area contributed by atoms with E-state index >= 15 is 0 Å². The normalized spacial score (nSPS) is 17.0. The molecule has 0 aliphatic carbocycles. The first-order valence-corrected chi connectivity index (χ1v) is 9.34. The number of rotatable bonds is 5. The summed E-state index contributed by atoms with van der Waals surface area (Å²) < 4.78 is 45.9. The molecule has 1 atom stereocenters. The van der Waals surface area contributed by atoms with E-state index in [2.05, 4.69) is 22.4 Å². The lowest BCUT2D eigenvalue weighted by molar-refractivity contribution is -0.138. The van der Waals surface area contributed by atoms with Crippen molar-refractivity contribution in [2.24, 2.45) is 0 Å². The predicted octanol–water partition coefficient (Wildman–Crippen LogP) is 4.33. The summed E-state index contributed by atoms with van der Waals surface area (Å²) in [6.45, 7) is 7.23. The Hall–Kier alpha value is -3.14. The van der Waals surface area contributed by atoms with Gasteiger partial charge < -0.3 is 20.1 Å². The van der Waals surface area contributed by atoms with Crippen LogP contribution < -0.4 is 10.6 Å². The highest BCUT2D eigenvalue weighted by molar-refractivity contribution is 7.80. The average molecular weight is 436 g/mol. The number of hydrogen-bond acceptors (Lipinski definition) is 4. The number of halogens is 3. The molecule has 158 valence electrons. The van der Waals surface area contributed by atoms with Crippen LogP contribution in [-0.4, -0.2) is 27.6 Å². The zero-order chi connectivity index (χ0) is 22.1. The third kappa shape index (κ3) is 4.23. The molecule has 3 rings (SSSR count). The first kappa shape index (κ1) is 21.6. The number of nitrogens with one attached hydrogen (secondary N) is 2. The van der Waals surface area contributed by atoms with Gasteiger partial charge in [-0.1, -0.05) is 29.4 Å². The quantitative estimate of drug-likeness (QED) is 0.537. The molecule has 2 heterocycles. The van der Waals surface area contributed by atoms with Crippen LogP contribution in [0.25, 0.3) is 0 Å². The van der Waals surface area contributed by atoms with E-state index in [1.807, 2.05) is 0 Å². The van der Waals surface area contributed by atoms with Crippen molar-refractivity contribution in [2.75, 3.05) is 11.9 Å². The van der Waals surface area contributed by atoms with E-state index in [9.17, 15) is 18.0 Å². The molecule has 0 radical (unpaired) electrons. The molecule has 0 saturated carbocycles. The van der Waals surface area contributed by atoms with Crippen molar-refractivity contribution in [1.29, 1.82) is 0 Å². The lowest BCUT2D eigenvalue weighted by atomic mass is 9.90. The molecule has 0 unspecified atom stereocenters. The Kier molecular flexibility index (Phi) is 5.97. The van der Waals surface area contributed by atoms with Crippen LogP contribution in [0.5, 0.6) is 0 Å². The number of hydrogen-bond donors (Lipinski definition) is 2. The number of aromatic nitrogens is 1. The summed E-state index contributed by atoms with van der Waals surface area (Å²) in [6, 6.07) is 5.48. The summed E-state index contributed by atoms with van der Waals surface area (Å²) in [7, 11) is 0. The standard InChI is InChI=1S/C20H19F3N4O2S/c1-4-9-27-12(3)16(18(28)24-15-10-11(2)29-26-15)17(25-19(27)30)13-7-5-6-8-14(13)20(21,22)23/h4-8,10,17H,1,9H2,2-3H3,(H,25,30)(H,24,26,28)/t17-/m1/s1. The maximum atomic E-state index is 13.6. The monoisotopic (exact) mass is 436 g/mol.